The van der Waals surface area contributed by atoms with Crippen LogP contribution in [0.4, 0.5) is 21.6 Å². The topological polar surface area (TPSA) is 94.7 Å². The molecular weight excluding hydrogens is 521 g/mol. The molecule has 39 heavy (non-hydrogen) atoms. The third kappa shape index (κ3) is 6.83. The van der Waals surface area contributed by atoms with E-state index in [1.165, 1.54) is 25.6 Å². The van der Waals surface area contributed by atoms with Gasteiger partial charge in [-0.1, -0.05) is 17.7 Å². The summed E-state index contributed by atoms with van der Waals surface area (Å²) in [5, 5.41) is 10.1. The van der Waals surface area contributed by atoms with Gasteiger partial charge in [-0.2, -0.15) is 0 Å². The van der Waals surface area contributed by atoms with Crippen molar-refractivity contribution in [3.05, 3.63) is 59.7 Å². The van der Waals surface area contributed by atoms with E-state index in [9.17, 15) is 9.18 Å². The molecule has 0 atom stereocenters. The van der Waals surface area contributed by atoms with Gasteiger partial charge >= 0.3 is 0 Å². The average Bonchev–Trinajstić information content (AvgIpc) is 2.96. The zero-order valence-corrected chi connectivity index (χ0v) is 22.7. The zero-order valence-electron chi connectivity index (χ0n) is 21.9. The number of methoxy groups -OCH3 is 1. The van der Waals surface area contributed by atoms with Crippen molar-refractivity contribution in [1.29, 1.82) is 0 Å². The van der Waals surface area contributed by atoms with E-state index in [4.69, 9.17) is 16.3 Å². The fourth-order valence-electron chi connectivity index (χ4n) is 5.16. The lowest BCUT2D eigenvalue weighted by molar-refractivity contribution is -0.111. The minimum Gasteiger partial charge on any atom is -0.494 e. The summed E-state index contributed by atoms with van der Waals surface area (Å²) in [5.41, 5.74) is 1.68. The lowest BCUT2D eigenvalue weighted by Gasteiger charge is -2.40. The van der Waals surface area contributed by atoms with Gasteiger partial charge in [0.2, 0.25) is 5.91 Å². The van der Waals surface area contributed by atoms with Gasteiger partial charge < -0.3 is 20.7 Å². The number of hydrogen-bond donors (Lipinski definition) is 3. The molecule has 3 heterocycles. The van der Waals surface area contributed by atoms with E-state index in [2.05, 4.69) is 35.7 Å². The fourth-order valence-corrected chi connectivity index (χ4v) is 5.34. The molecule has 5 rings (SSSR count). The van der Waals surface area contributed by atoms with Crippen molar-refractivity contribution in [3.63, 3.8) is 0 Å². The Hall–Kier alpha value is -3.31. The van der Waals surface area contributed by atoms with Crippen LogP contribution in [0.1, 0.15) is 12.8 Å². The maximum atomic E-state index is 13.6. The first-order valence-electron chi connectivity index (χ1n) is 13.2. The van der Waals surface area contributed by atoms with E-state index < -0.39 is 5.82 Å². The average molecular weight is 554 g/mol. The first-order chi connectivity index (χ1) is 19.0. The van der Waals surface area contributed by atoms with Crippen LogP contribution in [0, 0.1) is 5.82 Å². The van der Waals surface area contributed by atoms with E-state index in [1.54, 1.807) is 24.3 Å². The van der Waals surface area contributed by atoms with E-state index in [0.29, 0.717) is 39.9 Å². The summed E-state index contributed by atoms with van der Waals surface area (Å²) in [5.74, 6) is 0.214. The molecule has 2 aliphatic heterocycles. The van der Waals surface area contributed by atoms with Gasteiger partial charge in [0.15, 0.2) is 0 Å². The molecule has 2 saturated heterocycles. The number of anilines is 3. The molecule has 9 nitrogen and oxygen atoms in total. The van der Waals surface area contributed by atoms with Gasteiger partial charge in [-0.3, -0.25) is 14.6 Å². The number of rotatable bonds is 8. The monoisotopic (exact) mass is 553 g/mol. The molecule has 2 aromatic carbocycles. The summed E-state index contributed by atoms with van der Waals surface area (Å²) in [6.45, 7) is 7.23. The number of ether oxygens (including phenoxy) is 1. The number of piperazine rings is 1. The Balaban J connectivity index is 1.22. The van der Waals surface area contributed by atoms with Crippen molar-refractivity contribution in [2.75, 3.05) is 63.6 Å². The molecule has 0 radical (unpaired) electrons. The molecule has 3 N–H and O–H groups in total. The highest BCUT2D eigenvalue weighted by Crippen LogP contribution is 2.33. The van der Waals surface area contributed by atoms with Crippen molar-refractivity contribution in [3.8, 4) is 5.75 Å². The second-order valence-electron chi connectivity index (χ2n) is 9.76. The first kappa shape index (κ1) is 27.3. The molecule has 11 heteroatoms. The molecule has 0 saturated carbocycles. The van der Waals surface area contributed by atoms with Crippen LogP contribution in [0.15, 0.2) is 48.8 Å². The highest BCUT2D eigenvalue weighted by molar-refractivity contribution is 6.31. The van der Waals surface area contributed by atoms with Gasteiger partial charge in [-0.15, -0.1) is 0 Å². The molecule has 3 aromatic rings. The Morgan fingerprint density at radius 1 is 1.18 bits per heavy atom. The molecule has 206 valence electrons. The van der Waals surface area contributed by atoms with Crippen LogP contribution >= 0.6 is 11.6 Å². The summed E-state index contributed by atoms with van der Waals surface area (Å²) >= 11 is 5.92. The number of amides is 1. The lowest BCUT2D eigenvalue weighted by Crippen LogP contribution is -2.51. The Kier molecular flexibility index (Phi) is 8.88. The van der Waals surface area contributed by atoms with Crippen LogP contribution < -0.4 is 20.7 Å². The van der Waals surface area contributed by atoms with Crippen molar-refractivity contribution < 1.29 is 13.9 Å². The van der Waals surface area contributed by atoms with Crippen molar-refractivity contribution in [2.45, 2.75) is 18.9 Å². The minimum atomic E-state index is -0.503. The number of fused-ring (bicyclic) bond motifs is 1. The maximum absolute atomic E-state index is 13.6. The number of aromatic nitrogens is 2. The summed E-state index contributed by atoms with van der Waals surface area (Å²) in [4.78, 5) is 26.4. The van der Waals surface area contributed by atoms with Crippen LogP contribution in [0.5, 0.6) is 5.75 Å². The summed E-state index contributed by atoms with van der Waals surface area (Å²) in [7, 11) is 1.54. The SMILES string of the molecule is COc1cc2ncnc(Nc3ccc(F)c(Cl)c3)c2cc1NC(=O)/C=C/CN1CCC(N2CCNCC2)CC1. The molecular formula is C28H33ClFN7O2. The predicted octanol–water partition coefficient (Wildman–Crippen LogP) is 4.04. The van der Waals surface area contributed by atoms with Crippen molar-refractivity contribution in [2.24, 2.45) is 0 Å². The van der Waals surface area contributed by atoms with Crippen LogP contribution in [0.2, 0.25) is 5.02 Å². The largest absolute Gasteiger partial charge is 0.494 e. The standard InChI is InChI=1S/C28H33ClFN7O2/c1-39-26-17-24-21(28(33-18-32-24)34-19-4-5-23(30)22(29)15-19)16-25(26)35-27(38)3-2-10-36-11-6-20(7-12-36)37-13-8-31-9-14-37/h2-5,15-18,20,31H,6-14H2,1H3,(H,35,38)(H,32,33,34)/b3-2+. The molecule has 0 bridgehead atoms. The lowest BCUT2D eigenvalue weighted by atomic mass is 10.0. The number of likely N-dealkylation sites (tertiary alicyclic amines) is 1. The predicted molar refractivity (Wildman–Crippen MR) is 152 cm³/mol. The van der Waals surface area contributed by atoms with Crippen LogP contribution in [0.25, 0.3) is 10.9 Å². The number of nitrogens with one attached hydrogen (secondary N) is 3. The molecule has 1 aromatic heterocycles. The van der Waals surface area contributed by atoms with Crippen LogP contribution in [0.3, 0.4) is 0 Å². The number of hydrogen-bond acceptors (Lipinski definition) is 8. The van der Waals surface area contributed by atoms with Gasteiger partial charge in [-0.25, -0.2) is 14.4 Å². The molecule has 2 fully saturated rings. The molecule has 0 spiro atoms. The van der Waals surface area contributed by atoms with Gasteiger partial charge in [0.1, 0.15) is 23.7 Å². The van der Waals surface area contributed by atoms with Gasteiger partial charge in [0.25, 0.3) is 0 Å². The van der Waals surface area contributed by atoms with E-state index in [0.717, 1.165) is 58.7 Å². The van der Waals surface area contributed by atoms with Gasteiger partial charge in [-0.05, 0) is 50.2 Å². The van der Waals surface area contributed by atoms with E-state index in [-0.39, 0.29) is 10.9 Å². The second kappa shape index (κ2) is 12.7. The Bertz CT molecular complexity index is 1340. The number of halogens is 2. The summed E-state index contributed by atoms with van der Waals surface area (Å²) in [6, 6.07) is 8.49. The third-order valence-electron chi connectivity index (χ3n) is 7.25. The molecule has 1 amide bonds. The Morgan fingerprint density at radius 2 is 1.97 bits per heavy atom. The fraction of sp³-hybridized carbons (Fsp3) is 0.393. The number of piperidine rings is 1. The minimum absolute atomic E-state index is 0.00342. The normalized spacial score (nSPS) is 17.5. The second-order valence-corrected chi connectivity index (χ2v) is 10.2. The van der Waals surface area contributed by atoms with Gasteiger partial charge in [0, 0.05) is 62.0 Å². The van der Waals surface area contributed by atoms with Gasteiger partial charge in [0.05, 0.1) is 23.3 Å². The van der Waals surface area contributed by atoms with Crippen molar-refractivity contribution >= 4 is 45.6 Å². The van der Waals surface area contributed by atoms with Crippen molar-refractivity contribution in [1.82, 2.24) is 25.1 Å². The maximum Gasteiger partial charge on any atom is 0.248 e. The quantitative estimate of drug-likeness (QED) is 0.360. The van der Waals surface area contributed by atoms with E-state index in [1.807, 2.05) is 6.08 Å². The van der Waals surface area contributed by atoms with Crippen LogP contribution in [-0.4, -0.2) is 84.6 Å². The highest BCUT2D eigenvalue weighted by atomic mass is 35.5. The molecule has 0 unspecified atom stereocenters. The van der Waals surface area contributed by atoms with E-state index >= 15 is 0 Å². The zero-order chi connectivity index (χ0) is 27.2. The summed E-state index contributed by atoms with van der Waals surface area (Å²) < 4.78 is 19.1. The first-order valence-corrected chi connectivity index (χ1v) is 13.6. The summed E-state index contributed by atoms with van der Waals surface area (Å²) in [6.07, 6.45) is 7.21. The molecule has 0 aliphatic carbocycles. The number of carbonyl (C=O) groups excluding carboxylic acids is 1. The smallest absolute Gasteiger partial charge is 0.248 e. The third-order valence-corrected chi connectivity index (χ3v) is 7.54. The number of carbonyl (C=O) groups is 1. The number of nitrogens with zero attached hydrogens (tertiary/aromatic N) is 4. The Labute approximate surface area is 232 Å². The highest BCUT2D eigenvalue weighted by Gasteiger charge is 2.25. The Morgan fingerprint density at radius 3 is 2.72 bits per heavy atom. The molecule has 2 aliphatic rings. The van der Waals surface area contributed by atoms with Crippen LogP contribution in [-0.2, 0) is 4.79 Å². The number of benzene rings is 2.